The van der Waals surface area contributed by atoms with Crippen molar-refractivity contribution in [2.45, 2.75) is 0 Å². The van der Waals surface area contributed by atoms with Crippen LogP contribution < -0.4 is 14.2 Å². The average Bonchev–Trinajstić information content (AvgIpc) is 2.39. The molecule has 5 heteroatoms. The summed E-state index contributed by atoms with van der Waals surface area (Å²) in [7, 11) is 3.03. The van der Waals surface area contributed by atoms with Gasteiger partial charge in [-0.1, -0.05) is 12.1 Å². The SMILES string of the molecule is COc1cccc(OC)c1Oc1cccc(F)n1. The summed E-state index contributed by atoms with van der Waals surface area (Å²) in [6.07, 6.45) is 0. The first-order chi connectivity index (χ1) is 8.74. The molecule has 2 aromatic rings. The van der Waals surface area contributed by atoms with Crippen molar-refractivity contribution in [1.29, 1.82) is 0 Å². The highest BCUT2D eigenvalue weighted by Gasteiger charge is 2.13. The highest BCUT2D eigenvalue weighted by atomic mass is 19.1. The lowest BCUT2D eigenvalue weighted by Gasteiger charge is -2.12. The van der Waals surface area contributed by atoms with Crippen LogP contribution >= 0.6 is 0 Å². The number of pyridine rings is 1. The normalized spacial score (nSPS) is 9.94. The number of nitrogens with zero attached hydrogens (tertiary/aromatic N) is 1. The maximum Gasteiger partial charge on any atom is 0.222 e. The summed E-state index contributed by atoms with van der Waals surface area (Å²) in [5.74, 6) is 0.862. The molecule has 0 unspecified atom stereocenters. The van der Waals surface area contributed by atoms with E-state index in [0.29, 0.717) is 17.2 Å². The standard InChI is InChI=1S/C13H12FNO3/c1-16-9-5-3-6-10(17-2)13(9)18-12-8-4-7-11(14)15-12/h3-8H,1-2H3. The number of para-hydroxylation sites is 1. The molecular formula is C13H12FNO3. The summed E-state index contributed by atoms with van der Waals surface area (Å²) in [5.41, 5.74) is 0. The second-order valence-corrected chi connectivity index (χ2v) is 3.39. The number of benzene rings is 1. The van der Waals surface area contributed by atoms with Crippen molar-refractivity contribution in [3.8, 4) is 23.1 Å². The summed E-state index contributed by atoms with van der Waals surface area (Å²) in [5, 5.41) is 0. The molecule has 0 radical (unpaired) electrons. The zero-order valence-corrected chi connectivity index (χ0v) is 10.0. The molecule has 4 nitrogen and oxygen atoms in total. The van der Waals surface area contributed by atoms with Crippen molar-refractivity contribution in [3.63, 3.8) is 0 Å². The molecule has 0 aliphatic heterocycles. The maximum absolute atomic E-state index is 13.0. The van der Waals surface area contributed by atoms with Crippen LogP contribution in [-0.4, -0.2) is 19.2 Å². The van der Waals surface area contributed by atoms with E-state index < -0.39 is 5.95 Å². The van der Waals surface area contributed by atoms with Gasteiger partial charge in [0.2, 0.25) is 17.6 Å². The van der Waals surface area contributed by atoms with Gasteiger partial charge in [0.25, 0.3) is 0 Å². The van der Waals surface area contributed by atoms with Crippen LogP contribution in [0.25, 0.3) is 0 Å². The lowest BCUT2D eigenvalue weighted by Crippen LogP contribution is -1.96. The minimum atomic E-state index is -0.610. The first kappa shape index (κ1) is 12.2. The Kier molecular flexibility index (Phi) is 3.62. The van der Waals surface area contributed by atoms with Crippen LogP contribution in [0, 0.1) is 5.95 Å². The van der Waals surface area contributed by atoms with Gasteiger partial charge >= 0.3 is 0 Å². The van der Waals surface area contributed by atoms with Gasteiger partial charge in [-0.2, -0.15) is 9.37 Å². The quantitative estimate of drug-likeness (QED) is 0.781. The summed E-state index contributed by atoms with van der Waals surface area (Å²) >= 11 is 0. The van der Waals surface area contributed by atoms with Crippen molar-refractivity contribution in [1.82, 2.24) is 4.98 Å². The van der Waals surface area contributed by atoms with Gasteiger partial charge in [0.1, 0.15) is 0 Å². The van der Waals surface area contributed by atoms with Gasteiger partial charge in [-0.3, -0.25) is 0 Å². The van der Waals surface area contributed by atoms with Crippen molar-refractivity contribution < 1.29 is 18.6 Å². The van der Waals surface area contributed by atoms with E-state index in [-0.39, 0.29) is 5.88 Å². The van der Waals surface area contributed by atoms with Gasteiger partial charge in [-0.25, -0.2) is 0 Å². The summed E-state index contributed by atoms with van der Waals surface area (Å²) in [6.45, 7) is 0. The Hall–Kier alpha value is -2.30. The molecule has 1 heterocycles. The number of ether oxygens (including phenoxy) is 3. The Morgan fingerprint density at radius 2 is 1.56 bits per heavy atom. The molecule has 1 aromatic carbocycles. The number of methoxy groups -OCH3 is 2. The van der Waals surface area contributed by atoms with Crippen LogP contribution in [0.1, 0.15) is 0 Å². The summed E-state index contributed by atoms with van der Waals surface area (Å²) < 4.78 is 28.8. The first-order valence-electron chi connectivity index (χ1n) is 5.26. The van der Waals surface area contributed by atoms with E-state index in [1.807, 2.05) is 0 Å². The molecule has 0 fully saturated rings. The molecule has 0 atom stereocenters. The van der Waals surface area contributed by atoms with Gasteiger partial charge in [-0.05, 0) is 18.2 Å². The Bertz CT molecular complexity index is 523. The molecule has 18 heavy (non-hydrogen) atoms. The molecule has 0 saturated carbocycles. The molecular weight excluding hydrogens is 237 g/mol. The predicted octanol–water partition coefficient (Wildman–Crippen LogP) is 3.03. The van der Waals surface area contributed by atoms with Crippen molar-refractivity contribution in [2.24, 2.45) is 0 Å². The molecule has 0 aliphatic carbocycles. The fourth-order valence-electron chi connectivity index (χ4n) is 1.47. The number of rotatable bonds is 4. The van der Waals surface area contributed by atoms with E-state index in [9.17, 15) is 4.39 Å². The minimum Gasteiger partial charge on any atom is -0.493 e. The van der Waals surface area contributed by atoms with Gasteiger partial charge in [-0.15, -0.1) is 0 Å². The van der Waals surface area contributed by atoms with Crippen molar-refractivity contribution in [3.05, 3.63) is 42.3 Å². The molecule has 0 saturated heterocycles. The van der Waals surface area contributed by atoms with E-state index in [1.165, 1.54) is 26.4 Å². The molecule has 0 amide bonds. The average molecular weight is 249 g/mol. The van der Waals surface area contributed by atoms with Crippen molar-refractivity contribution >= 4 is 0 Å². The lowest BCUT2D eigenvalue weighted by atomic mass is 10.3. The van der Waals surface area contributed by atoms with Crippen LogP contribution in [-0.2, 0) is 0 Å². The largest absolute Gasteiger partial charge is 0.493 e. The topological polar surface area (TPSA) is 40.6 Å². The number of hydrogen-bond acceptors (Lipinski definition) is 4. The van der Waals surface area contributed by atoms with E-state index in [1.54, 1.807) is 24.3 Å². The van der Waals surface area contributed by atoms with E-state index in [2.05, 4.69) is 4.98 Å². The zero-order chi connectivity index (χ0) is 13.0. The van der Waals surface area contributed by atoms with Crippen LogP contribution in [0.15, 0.2) is 36.4 Å². The Morgan fingerprint density at radius 3 is 2.11 bits per heavy atom. The molecule has 0 aliphatic rings. The monoisotopic (exact) mass is 249 g/mol. The number of aromatic nitrogens is 1. The maximum atomic E-state index is 13.0. The molecule has 2 rings (SSSR count). The fraction of sp³-hybridized carbons (Fsp3) is 0.154. The van der Waals surface area contributed by atoms with Crippen LogP contribution in [0.3, 0.4) is 0 Å². The van der Waals surface area contributed by atoms with Gasteiger partial charge in [0.15, 0.2) is 11.5 Å². The Morgan fingerprint density at radius 1 is 0.944 bits per heavy atom. The smallest absolute Gasteiger partial charge is 0.222 e. The van der Waals surface area contributed by atoms with Crippen LogP contribution in [0.5, 0.6) is 23.1 Å². The molecule has 0 spiro atoms. The molecule has 0 N–H and O–H groups in total. The van der Waals surface area contributed by atoms with E-state index in [4.69, 9.17) is 14.2 Å². The highest BCUT2D eigenvalue weighted by Crippen LogP contribution is 2.39. The number of hydrogen-bond donors (Lipinski definition) is 0. The molecule has 0 bridgehead atoms. The summed E-state index contributed by atoms with van der Waals surface area (Å²) in [6, 6.07) is 9.51. The third-order valence-corrected chi connectivity index (χ3v) is 2.28. The molecule has 94 valence electrons. The third-order valence-electron chi connectivity index (χ3n) is 2.28. The van der Waals surface area contributed by atoms with E-state index in [0.717, 1.165) is 0 Å². The van der Waals surface area contributed by atoms with Crippen LogP contribution in [0.4, 0.5) is 4.39 Å². The van der Waals surface area contributed by atoms with Gasteiger partial charge < -0.3 is 14.2 Å². The Labute approximate surface area is 104 Å². The van der Waals surface area contributed by atoms with Crippen LogP contribution in [0.2, 0.25) is 0 Å². The Balaban J connectivity index is 2.38. The second-order valence-electron chi connectivity index (χ2n) is 3.39. The lowest BCUT2D eigenvalue weighted by molar-refractivity contribution is 0.339. The second kappa shape index (κ2) is 5.35. The fourth-order valence-corrected chi connectivity index (χ4v) is 1.47. The van der Waals surface area contributed by atoms with Gasteiger partial charge in [0.05, 0.1) is 14.2 Å². The number of halogens is 1. The van der Waals surface area contributed by atoms with Crippen molar-refractivity contribution in [2.75, 3.05) is 14.2 Å². The third kappa shape index (κ3) is 2.51. The van der Waals surface area contributed by atoms with Gasteiger partial charge in [0, 0.05) is 6.07 Å². The first-order valence-corrected chi connectivity index (χ1v) is 5.26. The summed E-state index contributed by atoms with van der Waals surface area (Å²) in [4.78, 5) is 3.62. The molecule has 1 aromatic heterocycles. The highest BCUT2D eigenvalue weighted by molar-refractivity contribution is 5.52. The minimum absolute atomic E-state index is 0.137. The van der Waals surface area contributed by atoms with E-state index >= 15 is 0 Å². The zero-order valence-electron chi connectivity index (χ0n) is 10.0. The predicted molar refractivity (Wildman–Crippen MR) is 63.8 cm³/mol.